The van der Waals surface area contributed by atoms with Crippen LogP contribution in [0.4, 0.5) is 0 Å². The molecule has 0 bridgehead atoms. The Morgan fingerprint density at radius 1 is 1.55 bits per heavy atom. The van der Waals surface area contributed by atoms with Crippen LogP contribution in [0.15, 0.2) is 12.3 Å². The normalized spacial score (nSPS) is 13.5. The van der Waals surface area contributed by atoms with Gasteiger partial charge in [0.25, 0.3) is 0 Å². The molecule has 0 aliphatic carbocycles. The van der Waals surface area contributed by atoms with Crippen molar-refractivity contribution in [1.29, 1.82) is 0 Å². The molecule has 2 heterocycles. The number of pyridine rings is 1. The van der Waals surface area contributed by atoms with Gasteiger partial charge in [-0.2, -0.15) is 4.73 Å². The maximum Gasteiger partial charge on any atom is 0.235 e. The first-order chi connectivity index (χ1) is 5.29. The summed E-state index contributed by atoms with van der Waals surface area (Å²) in [6.07, 6.45) is 1.41. The van der Waals surface area contributed by atoms with Gasteiger partial charge in [-0.3, -0.25) is 0 Å². The highest BCUT2D eigenvalue weighted by molar-refractivity contribution is 5.41. The molecule has 0 saturated carbocycles. The highest BCUT2D eigenvalue weighted by Gasteiger charge is 2.20. The number of hydrogen-bond donors (Lipinski definition) is 0. The van der Waals surface area contributed by atoms with Crippen molar-refractivity contribution in [3.63, 3.8) is 0 Å². The summed E-state index contributed by atoms with van der Waals surface area (Å²) in [5, 5.41) is 11.0. The van der Waals surface area contributed by atoms with Crippen molar-refractivity contribution in [3.8, 4) is 11.5 Å². The van der Waals surface area contributed by atoms with Crippen molar-refractivity contribution in [2.75, 3.05) is 6.79 Å². The zero-order valence-electron chi connectivity index (χ0n) is 6.03. The minimum Gasteiger partial charge on any atom is -0.618 e. The van der Waals surface area contributed by atoms with E-state index in [9.17, 15) is 5.21 Å². The lowest BCUT2D eigenvalue weighted by atomic mass is 10.3. The molecule has 0 amide bonds. The van der Waals surface area contributed by atoms with Gasteiger partial charge in [-0.15, -0.1) is 0 Å². The Morgan fingerprint density at radius 2 is 2.36 bits per heavy atom. The molecule has 0 atom stereocenters. The third-order valence-corrected chi connectivity index (χ3v) is 1.66. The molecule has 0 radical (unpaired) electrons. The Balaban J connectivity index is 2.62. The SMILES string of the molecule is Cc1c2c(cc[n+]1[O-])OCO2. The van der Waals surface area contributed by atoms with Crippen molar-refractivity contribution in [2.45, 2.75) is 6.92 Å². The number of rotatable bonds is 0. The number of aromatic nitrogens is 1. The number of fused-ring (bicyclic) bond motifs is 1. The topological polar surface area (TPSA) is 45.4 Å². The summed E-state index contributed by atoms with van der Waals surface area (Å²) in [4.78, 5) is 0. The van der Waals surface area contributed by atoms with Crippen molar-refractivity contribution in [1.82, 2.24) is 0 Å². The van der Waals surface area contributed by atoms with Gasteiger partial charge in [0.15, 0.2) is 11.9 Å². The Labute approximate surface area is 63.6 Å². The van der Waals surface area contributed by atoms with E-state index in [4.69, 9.17) is 9.47 Å². The van der Waals surface area contributed by atoms with E-state index in [-0.39, 0.29) is 6.79 Å². The van der Waals surface area contributed by atoms with Crippen LogP contribution >= 0.6 is 0 Å². The highest BCUT2D eigenvalue weighted by atomic mass is 16.7. The van der Waals surface area contributed by atoms with Gasteiger partial charge in [0.2, 0.25) is 18.2 Å². The predicted octanol–water partition coefficient (Wildman–Crippen LogP) is 0.357. The van der Waals surface area contributed by atoms with Gasteiger partial charge in [-0.1, -0.05) is 0 Å². The molecule has 0 saturated heterocycles. The quantitative estimate of drug-likeness (QED) is 0.399. The molecule has 1 aromatic heterocycles. The number of hydrogen-bond acceptors (Lipinski definition) is 3. The van der Waals surface area contributed by atoms with Crippen LogP contribution in [0.25, 0.3) is 0 Å². The first-order valence-corrected chi connectivity index (χ1v) is 3.27. The monoisotopic (exact) mass is 153 g/mol. The minimum absolute atomic E-state index is 0.209. The van der Waals surface area contributed by atoms with Crippen LogP contribution < -0.4 is 14.2 Å². The fourth-order valence-corrected chi connectivity index (χ4v) is 1.04. The molecule has 0 unspecified atom stereocenters. The van der Waals surface area contributed by atoms with Crippen LogP contribution in [0.2, 0.25) is 0 Å². The van der Waals surface area contributed by atoms with Crippen molar-refractivity contribution < 1.29 is 14.2 Å². The average molecular weight is 153 g/mol. The Morgan fingerprint density at radius 3 is 3.18 bits per heavy atom. The molecule has 2 rings (SSSR count). The zero-order chi connectivity index (χ0) is 7.84. The third-order valence-electron chi connectivity index (χ3n) is 1.66. The molecule has 58 valence electrons. The second-order valence-corrected chi connectivity index (χ2v) is 2.33. The summed E-state index contributed by atoms with van der Waals surface area (Å²) >= 11 is 0. The number of ether oxygens (including phenoxy) is 2. The second kappa shape index (κ2) is 2.02. The van der Waals surface area contributed by atoms with E-state index in [0.717, 1.165) is 4.73 Å². The lowest BCUT2D eigenvalue weighted by Crippen LogP contribution is -2.28. The van der Waals surface area contributed by atoms with Crippen LogP contribution in [0.3, 0.4) is 0 Å². The van der Waals surface area contributed by atoms with Gasteiger partial charge >= 0.3 is 0 Å². The van der Waals surface area contributed by atoms with E-state index >= 15 is 0 Å². The van der Waals surface area contributed by atoms with E-state index in [1.165, 1.54) is 6.20 Å². The van der Waals surface area contributed by atoms with Gasteiger partial charge in [0.1, 0.15) is 0 Å². The van der Waals surface area contributed by atoms with Gasteiger partial charge in [-0.05, 0) is 0 Å². The van der Waals surface area contributed by atoms with Gasteiger partial charge < -0.3 is 14.7 Å². The van der Waals surface area contributed by atoms with E-state index in [1.54, 1.807) is 13.0 Å². The van der Waals surface area contributed by atoms with Crippen LogP contribution in [-0.2, 0) is 0 Å². The molecule has 0 N–H and O–H groups in total. The fraction of sp³-hybridized carbons (Fsp3) is 0.286. The van der Waals surface area contributed by atoms with Crippen LogP contribution in [-0.4, -0.2) is 6.79 Å². The maximum atomic E-state index is 11.0. The second-order valence-electron chi connectivity index (χ2n) is 2.33. The van der Waals surface area contributed by atoms with E-state index in [0.29, 0.717) is 17.2 Å². The Hall–Kier alpha value is -1.45. The third kappa shape index (κ3) is 0.790. The lowest BCUT2D eigenvalue weighted by molar-refractivity contribution is -0.612. The standard InChI is InChI=1S/C7H7NO3/c1-5-7-6(10-4-11-7)2-3-8(5)9/h2-3H,4H2,1H3. The average Bonchev–Trinajstić information content (AvgIpc) is 2.45. The summed E-state index contributed by atoms with van der Waals surface area (Å²) < 4.78 is 10.9. The molecule has 11 heavy (non-hydrogen) atoms. The van der Waals surface area contributed by atoms with Crippen molar-refractivity contribution >= 4 is 0 Å². The molecule has 4 heteroatoms. The number of nitrogens with zero attached hydrogens (tertiary/aromatic N) is 1. The van der Waals surface area contributed by atoms with E-state index < -0.39 is 0 Å². The zero-order valence-corrected chi connectivity index (χ0v) is 6.03. The Bertz CT molecular complexity index is 298. The van der Waals surface area contributed by atoms with Crippen LogP contribution in [0.1, 0.15) is 5.69 Å². The van der Waals surface area contributed by atoms with Crippen LogP contribution in [0.5, 0.6) is 11.5 Å². The predicted molar refractivity (Wildman–Crippen MR) is 36.3 cm³/mol. The molecular formula is C7H7NO3. The molecule has 0 aromatic carbocycles. The largest absolute Gasteiger partial charge is 0.618 e. The van der Waals surface area contributed by atoms with Crippen molar-refractivity contribution in [2.24, 2.45) is 0 Å². The van der Waals surface area contributed by atoms with Crippen LogP contribution in [0, 0.1) is 12.1 Å². The molecule has 1 aliphatic rings. The molecular weight excluding hydrogens is 146 g/mol. The van der Waals surface area contributed by atoms with E-state index in [2.05, 4.69) is 0 Å². The first-order valence-electron chi connectivity index (χ1n) is 3.27. The lowest BCUT2D eigenvalue weighted by Gasteiger charge is -2.01. The van der Waals surface area contributed by atoms with E-state index in [1.807, 2.05) is 0 Å². The molecule has 1 aromatic rings. The summed E-state index contributed by atoms with van der Waals surface area (Å²) in [6.45, 7) is 1.90. The van der Waals surface area contributed by atoms with Crippen molar-refractivity contribution in [3.05, 3.63) is 23.2 Å². The maximum absolute atomic E-state index is 11.0. The molecule has 4 nitrogen and oxygen atoms in total. The summed E-state index contributed by atoms with van der Waals surface area (Å²) in [7, 11) is 0. The summed E-state index contributed by atoms with van der Waals surface area (Å²) in [5.41, 5.74) is 0.542. The fourth-order valence-electron chi connectivity index (χ4n) is 1.04. The first kappa shape index (κ1) is 6.27. The minimum atomic E-state index is 0.209. The smallest absolute Gasteiger partial charge is 0.235 e. The molecule has 1 aliphatic heterocycles. The van der Waals surface area contributed by atoms with Gasteiger partial charge in [0, 0.05) is 13.0 Å². The summed E-state index contributed by atoms with van der Waals surface area (Å²) in [6, 6.07) is 1.60. The molecule has 0 fully saturated rings. The highest BCUT2D eigenvalue weighted by Crippen LogP contribution is 2.32. The summed E-state index contributed by atoms with van der Waals surface area (Å²) in [5.74, 6) is 1.21. The van der Waals surface area contributed by atoms with Gasteiger partial charge in [-0.25, -0.2) is 0 Å². The molecule has 0 spiro atoms. The van der Waals surface area contributed by atoms with Gasteiger partial charge in [0.05, 0.1) is 0 Å². The Kier molecular flexibility index (Phi) is 1.15.